The molecular weight excluding hydrogens is 255 g/mol. The zero-order valence-electron chi connectivity index (χ0n) is 8.03. The molecule has 0 amide bonds. The molecule has 0 atom stereocenters. The first-order valence-corrected chi connectivity index (χ1v) is 4.19. The van der Waals surface area contributed by atoms with Crippen LogP contribution in [0.25, 0.3) is 0 Å². The van der Waals surface area contributed by atoms with E-state index >= 15 is 0 Å². The van der Waals surface area contributed by atoms with Crippen LogP contribution in [0.5, 0.6) is 0 Å². The van der Waals surface area contributed by atoms with Crippen LogP contribution in [0.15, 0.2) is 24.3 Å². The lowest BCUT2D eigenvalue weighted by Gasteiger charge is -2.31. The zero-order chi connectivity index (χ0) is 13.5. The largest absolute Gasteiger partial charge is 0.436 e. The molecule has 0 saturated carbocycles. The fourth-order valence-electron chi connectivity index (χ4n) is 1.28. The van der Waals surface area contributed by atoms with Crippen molar-refractivity contribution in [1.29, 1.82) is 0 Å². The number of nitrogens with two attached hydrogens (primary N) is 1. The maximum atomic E-state index is 13.5. The molecule has 0 aliphatic heterocycles. The topological polar surface area (TPSA) is 26.0 Å². The Balaban J connectivity index is 3.53. The minimum Gasteiger partial charge on any atom is -0.398 e. The summed E-state index contributed by atoms with van der Waals surface area (Å²) < 4.78 is 87.4. The maximum Gasteiger partial charge on any atom is 0.436 e. The highest BCUT2D eigenvalue weighted by molar-refractivity contribution is 5.51. The minimum absolute atomic E-state index is 0.357. The molecule has 0 aromatic heterocycles. The molecule has 96 valence electrons. The van der Waals surface area contributed by atoms with Crippen LogP contribution in [0.1, 0.15) is 5.56 Å². The second-order valence-corrected chi connectivity index (χ2v) is 3.24. The average Bonchev–Trinajstić information content (AvgIpc) is 2.13. The Morgan fingerprint density at radius 2 is 1.18 bits per heavy atom. The molecule has 0 heterocycles. The number of alkyl halides is 7. The van der Waals surface area contributed by atoms with E-state index in [9.17, 15) is 30.7 Å². The molecule has 1 aromatic rings. The van der Waals surface area contributed by atoms with Crippen molar-refractivity contribution in [3.63, 3.8) is 0 Å². The second kappa shape index (κ2) is 3.78. The van der Waals surface area contributed by atoms with E-state index in [-0.39, 0.29) is 0 Å². The summed E-state index contributed by atoms with van der Waals surface area (Å²) in [5, 5.41) is 0. The standard InChI is InChI=1S/C9H6F7N/c10-7(8(11,12)13,9(14,15)16)5-3-1-2-4-6(5)17/h1-4H,17H2. The molecule has 17 heavy (non-hydrogen) atoms. The van der Waals surface area contributed by atoms with Gasteiger partial charge in [-0.1, -0.05) is 18.2 Å². The van der Waals surface area contributed by atoms with Crippen LogP contribution in [0.4, 0.5) is 36.4 Å². The quantitative estimate of drug-likeness (QED) is 0.607. The molecule has 0 radical (unpaired) electrons. The molecule has 0 aliphatic carbocycles. The molecule has 1 rings (SSSR count). The summed E-state index contributed by atoms with van der Waals surface area (Å²) in [5.74, 6) is 0. The van der Waals surface area contributed by atoms with Crippen LogP contribution in [-0.4, -0.2) is 12.4 Å². The van der Waals surface area contributed by atoms with Crippen molar-refractivity contribution in [3.8, 4) is 0 Å². The minimum atomic E-state index is -6.14. The molecule has 0 spiro atoms. The molecule has 0 bridgehead atoms. The Morgan fingerprint density at radius 3 is 1.53 bits per heavy atom. The lowest BCUT2D eigenvalue weighted by atomic mass is 9.93. The highest BCUT2D eigenvalue weighted by Crippen LogP contribution is 2.54. The third-order valence-electron chi connectivity index (χ3n) is 2.11. The third kappa shape index (κ3) is 2.03. The van der Waals surface area contributed by atoms with Gasteiger partial charge in [0, 0.05) is 11.3 Å². The zero-order valence-corrected chi connectivity index (χ0v) is 8.03. The summed E-state index contributed by atoms with van der Waals surface area (Å²) in [6.07, 6.45) is -12.3. The summed E-state index contributed by atoms with van der Waals surface area (Å²) in [4.78, 5) is 0. The first-order valence-electron chi connectivity index (χ1n) is 4.19. The van der Waals surface area contributed by atoms with Crippen LogP contribution in [-0.2, 0) is 5.67 Å². The normalized spacial score (nSPS) is 13.8. The van der Waals surface area contributed by atoms with E-state index < -0.39 is 29.3 Å². The van der Waals surface area contributed by atoms with E-state index in [1.807, 2.05) is 0 Å². The molecule has 2 N–H and O–H groups in total. The first-order chi connectivity index (χ1) is 7.52. The van der Waals surface area contributed by atoms with Gasteiger partial charge in [0.05, 0.1) is 0 Å². The van der Waals surface area contributed by atoms with Crippen molar-refractivity contribution in [1.82, 2.24) is 0 Å². The van der Waals surface area contributed by atoms with E-state index in [2.05, 4.69) is 0 Å². The summed E-state index contributed by atoms with van der Waals surface area (Å²) in [6.45, 7) is 0. The predicted octanol–water partition coefficient (Wildman–Crippen LogP) is 3.56. The number of rotatable bonds is 1. The van der Waals surface area contributed by atoms with Crippen molar-refractivity contribution >= 4 is 5.69 Å². The van der Waals surface area contributed by atoms with Gasteiger partial charge in [0.25, 0.3) is 0 Å². The smallest absolute Gasteiger partial charge is 0.398 e. The summed E-state index contributed by atoms with van der Waals surface area (Å²) in [6, 6.07) is 3.07. The molecule has 0 aliphatic rings. The highest BCUT2D eigenvalue weighted by atomic mass is 19.4. The molecule has 0 fully saturated rings. The molecular formula is C9H6F7N. The van der Waals surface area contributed by atoms with Crippen LogP contribution >= 0.6 is 0 Å². The second-order valence-electron chi connectivity index (χ2n) is 3.24. The first kappa shape index (κ1) is 13.6. The average molecular weight is 261 g/mol. The van der Waals surface area contributed by atoms with Crippen LogP contribution in [0.3, 0.4) is 0 Å². The summed E-state index contributed by atoms with van der Waals surface area (Å²) in [5.41, 5.74) is -3.07. The van der Waals surface area contributed by atoms with Gasteiger partial charge in [-0.3, -0.25) is 0 Å². The van der Waals surface area contributed by atoms with Gasteiger partial charge in [-0.05, 0) is 6.07 Å². The number of hydrogen-bond donors (Lipinski definition) is 1. The van der Waals surface area contributed by atoms with E-state index in [1.54, 1.807) is 0 Å². The Bertz CT molecular complexity index is 393. The number of hydrogen-bond acceptors (Lipinski definition) is 1. The van der Waals surface area contributed by atoms with E-state index in [0.29, 0.717) is 6.07 Å². The van der Waals surface area contributed by atoms with Crippen molar-refractivity contribution in [2.24, 2.45) is 0 Å². The Hall–Kier alpha value is -1.47. The van der Waals surface area contributed by atoms with Gasteiger partial charge >= 0.3 is 18.0 Å². The van der Waals surface area contributed by atoms with Crippen molar-refractivity contribution in [2.75, 3.05) is 5.73 Å². The lowest BCUT2D eigenvalue weighted by Crippen LogP contribution is -2.50. The van der Waals surface area contributed by atoms with Crippen LogP contribution in [0, 0.1) is 0 Å². The third-order valence-corrected chi connectivity index (χ3v) is 2.11. The molecule has 8 heteroatoms. The Morgan fingerprint density at radius 1 is 0.765 bits per heavy atom. The fourth-order valence-corrected chi connectivity index (χ4v) is 1.28. The molecule has 1 aromatic carbocycles. The van der Waals surface area contributed by atoms with Crippen LogP contribution < -0.4 is 5.73 Å². The maximum absolute atomic E-state index is 13.5. The SMILES string of the molecule is Nc1ccccc1C(F)(C(F)(F)F)C(F)(F)F. The lowest BCUT2D eigenvalue weighted by molar-refractivity contribution is -0.348. The van der Waals surface area contributed by atoms with E-state index in [0.717, 1.165) is 18.2 Å². The number of halogens is 7. The van der Waals surface area contributed by atoms with Gasteiger partial charge < -0.3 is 5.73 Å². The highest BCUT2D eigenvalue weighted by Gasteiger charge is 2.74. The summed E-state index contributed by atoms with van der Waals surface area (Å²) in [7, 11) is 0. The van der Waals surface area contributed by atoms with E-state index in [1.165, 1.54) is 0 Å². The monoisotopic (exact) mass is 261 g/mol. The van der Waals surface area contributed by atoms with E-state index in [4.69, 9.17) is 5.73 Å². The molecule has 0 unspecified atom stereocenters. The number of para-hydroxylation sites is 1. The molecule has 0 saturated heterocycles. The summed E-state index contributed by atoms with van der Waals surface area (Å²) >= 11 is 0. The predicted molar refractivity (Wildman–Crippen MR) is 45.8 cm³/mol. The number of nitrogen functional groups attached to an aromatic ring is 1. The van der Waals surface area contributed by atoms with Gasteiger partial charge in [0.1, 0.15) is 0 Å². The van der Waals surface area contributed by atoms with Gasteiger partial charge in [-0.25, -0.2) is 4.39 Å². The van der Waals surface area contributed by atoms with Crippen molar-refractivity contribution in [2.45, 2.75) is 18.0 Å². The number of benzene rings is 1. The van der Waals surface area contributed by atoms with Crippen LogP contribution in [0.2, 0.25) is 0 Å². The fraction of sp³-hybridized carbons (Fsp3) is 0.333. The van der Waals surface area contributed by atoms with Crippen molar-refractivity contribution in [3.05, 3.63) is 29.8 Å². The van der Waals surface area contributed by atoms with Gasteiger partial charge in [-0.15, -0.1) is 0 Å². The van der Waals surface area contributed by atoms with Crippen molar-refractivity contribution < 1.29 is 30.7 Å². The molecule has 1 nitrogen and oxygen atoms in total. The van der Waals surface area contributed by atoms with Gasteiger partial charge in [0.15, 0.2) is 0 Å². The Kier molecular flexibility index (Phi) is 3.02. The Labute approximate surface area is 91.0 Å². The van der Waals surface area contributed by atoms with Gasteiger partial charge in [0.2, 0.25) is 0 Å². The number of anilines is 1. The van der Waals surface area contributed by atoms with Gasteiger partial charge in [-0.2, -0.15) is 26.3 Å².